The van der Waals surface area contributed by atoms with Crippen molar-refractivity contribution in [2.45, 2.75) is 0 Å². The van der Waals surface area contributed by atoms with Crippen LogP contribution in [0, 0.1) is 6.07 Å². The second-order valence-corrected chi connectivity index (χ2v) is 2.19. The molecule has 0 aliphatic heterocycles. The molecule has 0 saturated heterocycles. The number of halogens is 1. The van der Waals surface area contributed by atoms with Gasteiger partial charge < -0.3 is 14.2 Å². The largest absolute Gasteiger partial charge is 0.497 e. The van der Waals surface area contributed by atoms with Crippen LogP contribution in [0.15, 0.2) is 12.1 Å². The van der Waals surface area contributed by atoms with Crippen molar-refractivity contribution in [1.29, 1.82) is 0 Å². The van der Waals surface area contributed by atoms with Crippen LogP contribution in [0.3, 0.4) is 0 Å². The SMILES string of the molecule is COc1c[c]c(OCF)c(OC)c1. The van der Waals surface area contributed by atoms with E-state index in [4.69, 9.17) is 9.47 Å². The van der Waals surface area contributed by atoms with Gasteiger partial charge in [0, 0.05) is 12.1 Å². The summed E-state index contributed by atoms with van der Waals surface area (Å²) in [6, 6.07) is 5.84. The van der Waals surface area contributed by atoms with Crippen molar-refractivity contribution in [3.63, 3.8) is 0 Å². The first-order valence-corrected chi connectivity index (χ1v) is 3.64. The van der Waals surface area contributed by atoms with Gasteiger partial charge in [0.25, 0.3) is 0 Å². The molecule has 0 atom stereocenters. The maximum Gasteiger partial charge on any atom is 0.228 e. The van der Waals surface area contributed by atoms with Crippen LogP contribution in [0.4, 0.5) is 4.39 Å². The minimum atomic E-state index is -0.904. The molecule has 3 nitrogen and oxygen atoms in total. The Kier molecular flexibility index (Phi) is 3.37. The maximum atomic E-state index is 11.8. The third-order valence-electron chi connectivity index (χ3n) is 1.50. The Bertz CT molecular complexity index is 276. The number of alkyl halides is 1. The molecule has 0 spiro atoms. The fourth-order valence-corrected chi connectivity index (χ4v) is 0.881. The molecule has 0 aliphatic rings. The molecular formula is C9H10FO3. The standard InChI is InChI=1S/C9H10FO3/c1-11-7-3-4-8(13-6-10)9(5-7)12-2/h3,5H,6H2,1-2H3. The Balaban J connectivity index is 2.93. The van der Waals surface area contributed by atoms with Crippen molar-refractivity contribution in [3.8, 4) is 17.2 Å². The first kappa shape index (κ1) is 9.64. The molecule has 0 unspecified atom stereocenters. The summed E-state index contributed by atoms with van der Waals surface area (Å²) >= 11 is 0. The molecule has 0 saturated carbocycles. The molecule has 0 heterocycles. The lowest BCUT2D eigenvalue weighted by molar-refractivity contribution is 0.184. The molecule has 4 heteroatoms. The van der Waals surface area contributed by atoms with Crippen LogP contribution in [0.2, 0.25) is 0 Å². The Morgan fingerprint density at radius 3 is 2.69 bits per heavy atom. The highest BCUT2D eigenvalue weighted by atomic mass is 19.1. The molecule has 0 aliphatic carbocycles. The number of hydrogen-bond acceptors (Lipinski definition) is 3. The zero-order valence-electron chi connectivity index (χ0n) is 7.46. The third kappa shape index (κ3) is 2.24. The summed E-state index contributed by atoms with van der Waals surface area (Å²) < 4.78 is 26.3. The van der Waals surface area contributed by atoms with Crippen molar-refractivity contribution in [2.24, 2.45) is 0 Å². The van der Waals surface area contributed by atoms with Crippen LogP contribution in [0.5, 0.6) is 17.2 Å². The predicted molar refractivity (Wildman–Crippen MR) is 45.0 cm³/mol. The Hall–Kier alpha value is -1.45. The van der Waals surface area contributed by atoms with Gasteiger partial charge in [-0.2, -0.15) is 0 Å². The van der Waals surface area contributed by atoms with Crippen LogP contribution in [0.1, 0.15) is 0 Å². The van der Waals surface area contributed by atoms with Gasteiger partial charge in [-0.05, 0) is 6.07 Å². The molecule has 13 heavy (non-hydrogen) atoms. The zero-order chi connectivity index (χ0) is 9.68. The van der Waals surface area contributed by atoms with Gasteiger partial charge in [-0.3, -0.25) is 0 Å². The fourth-order valence-electron chi connectivity index (χ4n) is 0.881. The Labute approximate surface area is 76.0 Å². The van der Waals surface area contributed by atoms with Crippen molar-refractivity contribution in [1.82, 2.24) is 0 Å². The molecule has 71 valence electrons. The molecule has 0 fully saturated rings. The molecule has 0 N–H and O–H groups in total. The quantitative estimate of drug-likeness (QED) is 0.716. The minimum absolute atomic E-state index is 0.241. The van der Waals surface area contributed by atoms with Gasteiger partial charge >= 0.3 is 0 Å². The molecule has 1 aromatic rings. The molecule has 0 aromatic heterocycles. The highest BCUT2D eigenvalue weighted by Gasteiger charge is 2.05. The van der Waals surface area contributed by atoms with E-state index in [-0.39, 0.29) is 5.75 Å². The second-order valence-electron chi connectivity index (χ2n) is 2.19. The van der Waals surface area contributed by atoms with Crippen molar-refractivity contribution < 1.29 is 18.6 Å². The minimum Gasteiger partial charge on any atom is -0.497 e. The average Bonchev–Trinajstić information content (AvgIpc) is 2.19. The number of ether oxygens (including phenoxy) is 3. The smallest absolute Gasteiger partial charge is 0.228 e. The summed E-state index contributed by atoms with van der Waals surface area (Å²) in [5.74, 6) is 1.23. The van der Waals surface area contributed by atoms with Gasteiger partial charge in [0.1, 0.15) is 5.75 Å². The van der Waals surface area contributed by atoms with Gasteiger partial charge in [-0.15, -0.1) is 0 Å². The van der Waals surface area contributed by atoms with Crippen molar-refractivity contribution >= 4 is 0 Å². The van der Waals surface area contributed by atoms with E-state index < -0.39 is 6.86 Å². The fraction of sp³-hybridized carbons (Fsp3) is 0.333. The zero-order valence-corrected chi connectivity index (χ0v) is 7.46. The van der Waals surface area contributed by atoms with E-state index in [0.29, 0.717) is 11.5 Å². The lowest BCUT2D eigenvalue weighted by atomic mass is 10.3. The molecule has 0 bridgehead atoms. The van der Waals surface area contributed by atoms with Gasteiger partial charge in [-0.1, -0.05) is 0 Å². The van der Waals surface area contributed by atoms with Crippen LogP contribution in [-0.4, -0.2) is 21.1 Å². The number of methoxy groups -OCH3 is 2. The van der Waals surface area contributed by atoms with E-state index in [1.54, 1.807) is 12.1 Å². The van der Waals surface area contributed by atoms with E-state index in [2.05, 4.69) is 10.8 Å². The normalized spacial score (nSPS) is 9.46. The first-order chi connectivity index (χ1) is 6.31. The van der Waals surface area contributed by atoms with E-state index >= 15 is 0 Å². The van der Waals surface area contributed by atoms with Crippen LogP contribution < -0.4 is 14.2 Å². The molecule has 1 radical (unpaired) electrons. The molecule has 1 rings (SSSR count). The molecule has 1 aromatic carbocycles. The average molecular weight is 185 g/mol. The van der Waals surface area contributed by atoms with Crippen LogP contribution in [-0.2, 0) is 0 Å². The maximum absolute atomic E-state index is 11.8. The van der Waals surface area contributed by atoms with E-state index in [1.807, 2.05) is 0 Å². The Morgan fingerprint density at radius 1 is 1.38 bits per heavy atom. The highest BCUT2D eigenvalue weighted by Crippen LogP contribution is 2.30. The lowest BCUT2D eigenvalue weighted by Crippen LogP contribution is -1.95. The Morgan fingerprint density at radius 2 is 2.15 bits per heavy atom. The summed E-state index contributed by atoms with van der Waals surface area (Å²) in [5.41, 5.74) is 0. The van der Waals surface area contributed by atoms with Gasteiger partial charge in [-0.25, -0.2) is 4.39 Å². The summed E-state index contributed by atoms with van der Waals surface area (Å²) in [5, 5.41) is 0. The number of benzene rings is 1. The first-order valence-electron chi connectivity index (χ1n) is 3.64. The van der Waals surface area contributed by atoms with E-state index in [0.717, 1.165) is 0 Å². The van der Waals surface area contributed by atoms with Gasteiger partial charge in [0.2, 0.25) is 6.86 Å². The lowest BCUT2D eigenvalue weighted by Gasteiger charge is -2.08. The van der Waals surface area contributed by atoms with Crippen molar-refractivity contribution in [2.75, 3.05) is 21.1 Å². The van der Waals surface area contributed by atoms with Crippen molar-refractivity contribution in [3.05, 3.63) is 18.2 Å². The molecular weight excluding hydrogens is 175 g/mol. The van der Waals surface area contributed by atoms with E-state index in [1.165, 1.54) is 14.2 Å². The van der Waals surface area contributed by atoms with Gasteiger partial charge in [0.15, 0.2) is 11.5 Å². The van der Waals surface area contributed by atoms with Crippen LogP contribution >= 0.6 is 0 Å². The number of hydrogen-bond donors (Lipinski definition) is 0. The monoisotopic (exact) mass is 185 g/mol. The predicted octanol–water partition coefficient (Wildman–Crippen LogP) is 1.81. The number of rotatable bonds is 4. The summed E-state index contributed by atoms with van der Waals surface area (Å²) in [7, 11) is 2.99. The summed E-state index contributed by atoms with van der Waals surface area (Å²) in [4.78, 5) is 0. The second kappa shape index (κ2) is 4.54. The third-order valence-corrected chi connectivity index (χ3v) is 1.50. The van der Waals surface area contributed by atoms with Crippen LogP contribution in [0.25, 0.3) is 0 Å². The summed E-state index contributed by atoms with van der Waals surface area (Å²) in [6.07, 6.45) is 0. The summed E-state index contributed by atoms with van der Waals surface area (Å²) in [6.45, 7) is -0.904. The molecule has 0 amide bonds. The topological polar surface area (TPSA) is 27.7 Å². The van der Waals surface area contributed by atoms with Gasteiger partial charge in [0.05, 0.1) is 14.2 Å². The highest BCUT2D eigenvalue weighted by molar-refractivity contribution is 5.44. The van der Waals surface area contributed by atoms with E-state index in [9.17, 15) is 4.39 Å².